The van der Waals surface area contributed by atoms with E-state index in [9.17, 15) is 10.2 Å². The Balaban J connectivity index is 1.82. The Hall–Kier alpha value is -0.0800. The van der Waals surface area contributed by atoms with Crippen LogP contribution < -0.4 is 0 Å². The van der Waals surface area contributed by atoms with Crippen LogP contribution in [0.1, 0.15) is 119 Å². The van der Waals surface area contributed by atoms with E-state index in [4.69, 9.17) is 0 Å². The molecule has 3 saturated carbocycles. The van der Waals surface area contributed by atoms with Gasteiger partial charge >= 0.3 is 0 Å². The maximum Gasteiger partial charge on any atom is 0.0545 e. The molecule has 0 unspecified atom stereocenters. The predicted octanol–water partition coefficient (Wildman–Crippen LogP) is 7.47. The number of aliphatic hydroxyl groups excluding tert-OH is 2. The van der Waals surface area contributed by atoms with E-state index in [1.165, 1.54) is 57.8 Å². The van der Waals surface area contributed by atoms with Crippen LogP contribution in [0.2, 0.25) is 0 Å². The molecular formula is C29H54O2. The van der Waals surface area contributed by atoms with Gasteiger partial charge in [0.15, 0.2) is 0 Å². The van der Waals surface area contributed by atoms with Crippen LogP contribution in [0.25, 0.3) is 0 Å². The number of aliphatic hydroxyl groups is 2. The van der Waals surface area contributed by atoms with E-state index in [0.29, 0.717) is 22.7 Å². The molecule has 0 spiro atoms. The first kappa shape index (κ1) is 25.5. The molecule has 0 aliphatic heterocycles. The quantitative estimate of drug-likeness (QED) is 0.395. The molecule has 2 heteroatoms. The van der Waals surface area contributed by atoms with Gasteiger partial charge in [0.2, 0.25) is 0 Å². The zero-order valence-electron chi connectivity index (χ0n) is 21.9. The SMILES string of the molecule is CC(C)CCC[C@H](C)[C@H]1CC[C@@]2(C)[C@H]3CC[C@H]([C@@H](C)O)[C@@](C)(CCCO)[C@@H]3CC[C@]12C. The summed E-state index contributed by atoms with van der Waals surface area (Å²) in [6.07, 6.45) is 13.9. The molecule has 0 heterocycles. The Morgan fingerprint density at radius 3 is 2.06 bits per heavy atom. The molecule has 3 rings (SSSR count). The molecule has 2 nitrogen and oxygen atoms in total. The summed E-state index contributed by atoms with van der Waals surface area (Å²) in [7, 11) is 0. The highest BCUT2D eigenvalue weighted by atomic mass is 16.3. The van der Waals surface area contributed by atoms with Gasteiger partial charge in [-0.25, -0.2) is 0 Å². The lowest BCUT2D eigenvalue weighted by molar-refractivity contribution is -0.165. The highest BCUT2D eigenvalue weighted by Gasteiger charge is 2.65. The van der Waals surface area contributed by atoms with Gasteiger partial charge in [0.25, 0.3) is 0 Å². The highest BCUT2D eigenvalue weighted by molar-refractivity contribution is 5.14. The molecule has 3 aliphatic carbocycles. The van der Waals surface area contributed by atoms with Crippen LogP contribution in [0, 0.1) is 51.8 Å². The fourth-order valence-electron chi connectivity index (χ4n) is 9.52. The Morgan fingerprint density at radius 1 is 0.774 bits per heavy atom. The zero-order chi connectivity index (χ0) is 23.0. The van der Waals surface area contributed by atoms with E-state index in [1.54, 1.807) is 0 Å². The number of rotatable bonds is 9. The smallest absolute Gasteiger partial charge is 0.0545 e. The molecule has 0 aromatic rings. The summed E-state index contributed by atoms with van der Waals surface area (Å²) in [6, 6.07) is 0. The molecule has 2 N–H and O–H groups in total. The lowest BCUT2D eigenvalue weighted by Crippen LogP contribution is -2.58. The fourth-order valence-corrected chi connectivity index (χ4v) is 9.52. The van der Waals surface area contributed by atoms with Gasteiger partial charge in [-0.3, -0.25) is 0 Å². The maximum atomic E-state index is 10.7. The van der Waals surface area contributed by atoms with Crippen LogP contribution in [0.3, 0.4) is 0 Å². The van der Waals surface area contributed by atoms with Gasteiger partial charge in [-0.2, -0.15) is 0 Å². The lowest BCUT2D eigenvalue weighted by atomic mass is 9.41. The second kappa shape index (κ2) is 9.65. The number of hydrogen-bond acceptors (Lipinski definition) is 2. The molecule has 0 radical (unpaired) electrons. The van der Waals surface area contributed by atoms with Crippen LogP contribution >= 0.6 is 0 Å². The van der Waals surface area contributed by atoms with Gasteiger partial charge in [0.1, 0.15) is 0 Å². The normalized spacial score (nSPS) is 44.7. The molecular weight excluding hydrogens is 380 g/mol. The van der Waals surface area contributed by atoms with Crippen molar-refractivity contribution in [2.24, 2.45) is 51.8 Å². The average molecular weight is 435 g/mol. The molecule has 3 fully saturated rings. The highest BCUT2D eigenvalue weighted by Crippen LogP contribution is 2.73. The van der Waals surface area contributed by atoms with Gasteiger partial charge < -0.3 is 10.2 Å². The molecule has 0 aromatic carbocycles. The summed E-state index contributed by atoms with van der Waals surface area (Å²) in [5.74, 6) is 4.44. The van der Waals surface area contributed by atoms with Gasteiger partial charge in [-0.1, -0.05) is 60.8 Å². The summed E-state index contributed by atoms with van der Waals surface area (Å²) in [5, 5.41) is 20.3. The van der Waals surface area contributed by atoms with Gasteiger partial charge in [0, 0.05) is 6.61 Å². The zero-order valence-corrected chi connectivity index (χ0v) is 21.9. The Kier molecular flexibility index (Phi) is 7.95. The van der Waals surface area contributed by atoms with E-state index in [1.807, 2.05) is 6.92 Å². The van der Waals surface area contributed by atoms with Crippen molar-refractivity contribution in [3.05, 3.63) is 0 Å². The third-order valence-electron chi connectivity index (χ3n) is 11.4. The standard InChI is InChI=1S/C29H54O2/c1-20(2)10-8-11-21(3)23-14-17-29(7)26-13-12-24(22(4)31)27(5,16-9-19-30)25(26)15-18-28(23,29)6/h20-26,30-31H,8-19H2,1-7H3/t21-,22+,23+,24+,25+,26-,27+,28+,29-/m0/s1. The predicted molar refractivity (Wildman–Crippen MR) is 132 cm³/mol. The van der Waals surface area contributed by atoms with E-state index in [0.717, 1.165) is 36.5 Å². The minimum atomic E-state index is -0.233. The second-order valence-electron chi connectivity index (χ2n) is 13.3. The summed E-state index contributed by atoms with van der Waals surface area (Å²) in [4.78, 5) is 0. The van der Waals surface area contributed by atoms with Gasteiger partial charge in [-0.05, 0) is 110 Å². The van der Waals surface area contributed by atoms with Crippen LogP contribution in [0.5, 0.6) is 0 Å². The van der Waals surface area contributed by atoms with E-state index < -0.39 is 0 Å². The van der Waals surface area contributed by atoms with Crippen molar-refractivity contribution in [2.45, 2.75) is 125 Å². The molecule has 31 heavy (non-hydrogen) atoms. The largest absolute Gasteiger partial charge is 0.396 e. The number of hydrogen-bond donors (Lipinski definition) is 2. The van der Waals surface area contributed by atoms with Crippen molar-refractivity contribution in [1.82, 2.24) is 0 Å². The lowest BCUT2D eigenvalue weighted by Gasteiger charge is -2.64. The van der Waals surface area contributed by atoms with Crippen molar-refractivity contribution in [2.75, 3.05) is 6.61 Å². The third-order valence-corrected chi connectivity index (χ3v) is 11.4. The topological polar surface area (TPSA) is 40.5 Å². The molecule has 182 valence electrons. The minimum Gasteiger partial charge on any atom is -0.396 e. The average Bonchev–Trinajstić information content (AvgIpc) is 2.97. The van der Waals surface area contributed by atoms with Gasteiger partial charge in [0.05, 0.1) is 6.10 Å². The number of fused-ring (bicyclic) bond motifs is 3. The van der Waals surface area contributed by atoms with Crippen molar-refractivity contribution in [1.29, 1.82) is 0 Å². The van der Waals surface area contributed by atoms with Crippen LogP contribution in [-0.4, -0.2) is 22.9 Å². The summed E-state index contributed by atoms with van der Waals surface area (Å²) in [5.41, 5.74) is 1.09. The van der Waals surface area contributed by atoms with Crippen LogP contribution in [0.15, 0.2) is 0 Å². The van der Waals surface area contributed by atoms with Gasteiger partial charge in [-0.15, -0.1) is 0 Å². The monoisotopic (exact) mass is 434 g/mol. The summed E-state index contributed by atoms with van der Waals surface area (Å²) >= 11 is 0. The molecule has 0 saturated heterocycles. The molecule has 0 aromatic heterocycles. The Morgan fingerprint density at radius 2 is 1.45 bits per heavy atom. The van der Waals surface area contributed by atoms with E-state index in [-0.39, 0.29) is 18.1 Å². The molecule has 3 aliphatic rings. The Bertz CT molecular complexity index is 585. The fraction of sp³-hybridized carbons (Fsp3) is 1.00. The first-order valence-corrected chi connectivity index (χ1v) is 13.8. The molecule has 9 atom stereocenters. The maximum absolute atomic E-state index is 10.7. The van der Waals surface area contributed by atoms with Crippen molar-refractivity contribution < 1.29 is 10.2 Å². The Labute approximate surface area is 194 Å². The van der Waals surface area contributed by atoms with Crippen LogP contribution in [0.4, 0.5) is 0 Å². The second-order valence-corrected chi connectivity index (χ2v) is 13.3. The minimum absolute atomic E-state index is 0.172. The van der Waals surface area contributed by atoms with Crippen molar-refractivity contribution >= 4 is 0 Å². The summed E-state index contributed by atoms with van der Waals surface area (Å²) < 4.78 is 0. The summed E-state index contributed by atoms with van der Waals surface area (Å²) in [6.45, 7) is 17.4. The molecule has 0 amide bonds. The van der Waals surface area contributed by atoms with Crippen molar-refractivity contribution in [3.63, 3.8) is 0 Å². The van der Waals surface area contributed by atoms with E-state index in [2.05, 4.69) is 41.5 Å². The van der Waals surface area contributed by atoms with E-state index >= 15 is 0 Å². The first-order chi connectivity index (χ1) is 14.5. The first-order valence-electron chi connectivity index (χ1n) is 13.8. The molecule has 0 bridgehead atoms. The van der Waals surface area contributed by atoms with Crippen LogP contribution in [-0.2, 0) is 0 Å². The van der Waals surface area contributed by atoms with Crippen molar-refractivity contribution in [3.8, 4) is 0 Å². The third kappa shape index (κ3) is 4.39.